The van der Waals surface area contributed by atoms with Crippen molar-refractivity contribution in [1.82, 2.24) is 10.3 Å². The molecule has 1 aromatic heterocycles. The van der Waals surface area contributed by atoms with Crippen molar-refractivity contribution in [2.45, 2.75) is 63.3 Å². The van der Waals surface area contributed by atoms with E-state index in [1.54, 1.807) is 0 Å². The van der Waals surface area contributed by atoms with Crippen molar-refractivity contribution < 1.29 is 0 Å². The lowest BCUT2D eigenvalue weighted by Crippen LogP contribution is -2.40. The van der Waals surface area contributed by atoms with Crippen molar-refractivity contribution in [2.24, 2.45) is 0 Å². The minimum absolute atomic E-state index is 0.194. The number of hydrogen-bond donors (Lipinski definition) is 2. The Morgan fingerprint density at radius 2 is 1.90 bits per heavy atom. The van der Waals surface area contributed by atoms with Gasteiger partial charge in [0.15, 0.2) is 5.11 Å². The van der Waals surface area contributed by atoms with E-state index in [9.17, 15) is 0 Å². The highest BCUT2D eigenvalue weighted by Gasteiger charge is 2.35. The molecule has 1 saturated carbocycles. The summed E-state index contributed by atoms with van der Waals surface area (Å²) in [5, 5.41) is 7.47. The second-order valence-corrected chi connectivity index (χ2v) is 9.01. The molecule has 29 heavy (non-hydrogen) atoms. The number of pyridine rings is 1. The molecule has 1 unspecified atom stereocenters. The molecule has 2 N–H and O–H groups in total. The molecule has 1 aromatic carbocycles. The molecule has 0 bridgehead atoms. The van der Waals surface area contributed by atoms with Gasteiger partial charge in [0, 0.05) is 24.5 Å². The first-order valence-electron chi connectivity index (χ1n) is 11.0. The van der Waals surface area contributed by atoms with Crippen LogP contribution in [0.3, 0.4) is 0 Å². The van der Waals surface area contributed by atoms with Crippen LogP contribution in [0.4, 0.5) is 11.5 Å². The van der Waals surface area contributed by atoms with Crippen LogP contribution >= 0.6 is 12.2 Å². The summed E-state index contributed by atoms with van der Waals surface area (Å²) in [4.78, 5) is 7.09. The van der Waals surface area contributed by atoms with E-state index in [0.717, 1.165) is 24.6 Å². The molecule has 2 aromatic rings. The Hall–Kier alpha value is -2.14. The SMILES string of the molecule is CC1CCCCN1c1ccc(NC(=S)NCC2(c3ccccc3)CCCC2)cn1. The van der Waals surface area contributed by atoms with Gasteiger partial charge in [-0.25, -0.2) is 4.98 Å². The first-order valence-corrected chi connectivity index (χ1v) is 11.4. The predicted molar refractivity (Wildman–Crippen MR) is 126 cm³/mol. The molecule has 2 aliphatic rings. The quantitative estimate of drug-likeness (QED) is 0.661. The molecule has 154 valence electrons. The number of rotatable bonds is 5. The number of piperidine rings is 1. The van der Waals surface area contributed by atoms with Gasteiger partial charge in [-0.2, -0.15) is 0 Å². The maximum Gasteiger partial charge on any atom is 0.170 e. The molecular formula is C24H32N4S. The number of aromatic nitrogens is 1. The molecule has 1 saturated heterocycles. The zero-order valence-corrected chi connectivity index (χ0v) is 18.2. The summed E-state index contributed by atoms with van der Waals surface area (Å²) >= 11 is 5.59. The third kappa shape index (κ3) is 4.72. The van der Waals surface area contributed by atoms with Crippen molar-refractivity contribution >= 4 is 28.8 Å². The Morgan fingerprint density at radius 3 is 2.59 bits per heavy atom. The topological polar surface area (TPSA) is 40.2 Å². The molecule has 1 aliphatic heterocycles. The molecular weight excluding hydrogens is 376 g/mol. The monoisotopic (exact) mass is 408 g/mol. The van der Waals surface area contributed by atoms with Gasteiger partial charge in [-0.1, -0.05) is 43.2 Å². The minimum Gasteiger partial charge on any atom is -0.362 e. The van der Waals surface area contributed by atoms with Crippen molar-refractivity contribution in [3.05, 3.63) is 54.2 Å². The van der Waals surface area contributed by atoms with E-state index < -0.39 is 0 Å². The lowest BCUT2D eigenvalue weighted by molar-refractivity contribution is 0.435. The van der Waals surface area contributed by atoms with Crippen molar-refractivity contribution in [3.63, 3.8) is 0 Å². The lowest BCUT2D eigenvalue weighted by atomic mass is 9.79. The predicted octanol–water partition coefficient (Wildman–Crippen LogP) is 5.26. The number of anilines is 2. The number of nitrogens with zero attached hydrogens (tertiary/aromatic N) is 2. The van der Waals surface area contributed by atoms with E-state index in [1.165, 1.54) is 50.5 Å². The average Bonchev–Trinajstić information content (AvgIpc) is 3.24. The van der Waals surface area contributed by atoms with Gasteiger partial charge in [-0.15, -0.1) is 0 Å². The fraction of sp³-hybridized carbons (Fsp3) is 0.500. The van der Waals surface area contributed by atoms with E-state index in [1.807, 2.05) is 6.20 Å². The van der Waals surface area contributed by atoms with Crippen molar-refractivity contribution in [3.8, 4) is 0 Å². The number of hydrogen-bond acceptors (Lipinski definition) is 3. The summed E-state index contributed by atoms with van der Waals surface area (Å²) in [5.41, 5.74) is 2.56. The second-order valence-electron chi connectivity index (χ2n) is 8.60. The van der Waals surface area contributed by atoms with Crippen molar-refractivity contribution in [2.75, 3.05) is 23.3 Å². The Labute approximate surface area is 180 Å². The van der Waals surface area contributed by atoms with Crippen LogP contribution in [0.2, 0.25) is 0 Å². The molecule has 0 radical (unpaired) electrons. The first kappa shape index (κ1) is 20.1. The Balaban J connectivity index is 1.35. The largest absolute Gasteiger partial charge is 0.362 e. The highest BCUT2D eigenvalue weighted by atomic mass is 32.1. The number of nitrogens with one attached hydrogen (secondary N) is 2. The van der Waals surface area contributed by atoms with Crippen LogP contribution in [0, 0.1) is 0 Å². The smallest absolute Gasteiger partial charge is 0.170 e. The van der Waals surface area contributed by atoms with Gasteiger partial charge in [0.1, 0.15) is 5.82 Å². The number of benzene rings is 1. The van der Waals surface area contributed by atoms with Gasteiger partial charge in [-0.3, -0.25) is 0 Å². The molecule has 2 fully saturated rings. The molecule has 1 aliphatic carbocycles. The molecule has 0 spiro atoms. The number of thiocarbonyl (C=S) groups is 1. The van der Waals surface area contributed by atoms with E-state index >= 15 is 0 Å². The third-order valence-electron chi connectivity index (χ3n) is 6.64. The van der Waals surface area contributed by atoms with Gasteiger partial charge in [-0.05, 0) is 68.9 Å². The average molecular weight is 409 g/mol. The van der Waals surface area contributed by atoms with E-state index in [0.29, 0.717) is 11.2 Å². The fourth-order valence-corrected chi connectivity index (χ4v) is 5.09. The van der Waals surface area contributed by atoms with Gasteiger partial charge in [0.25, 0.3) is 0 Å². The zero-order valence-electron chi connectivity index (χ0n) is 17.4. The van der Waals surface area contributed by atoms with Crippen molar-refractivity contribution in [1.29, 1.82) is 0 Å². The van der Waals surface area contributed by atoms with Crippen LogP contribution in [0.5, 0.6) is 0 Å². The highest BCUT2D eigenvalue weighted by Crippen LogP contribution is 2.40. The maximum atomic E-state index is 5.59. The van der Waals surface area contributed by atoms with Gasteiger partial charge < -0.3 is 15.5 Å². The van der Waals surface area contributed by atoms with E-state index in [2.05, 4.69) is 69.9 Å². The van der Waals surface area contributed by atoms with Crippen LogP contribution in [-0.2, 0) is 5.41 Å². The van der Waals surface area contributed by atoms with Crippen LogP contribution in [0.1, 0.15) is 57.4 Å². The maximum absolute atomic E-state index is 5.59. The van der Waals surface area contributed by atoms with Gasteiger partial charge in [0.2, 0.25) is 0 Å². The molecule has 4 rings (SSSR count). The summed E-state index contributed by atoms with van der Waals surface area (Å²) < 4.78 is 0. The molecule has 4 nitrogen and oxygen atoms in total. The highest BCUT2D eigenvalue weighted by molar-refractivity contribution is 7.80. The molecule has 5 heteroatoms. The van der Waals surface area contributed by atoms with E-state index in [4.69, 9.17) is 12.2 Å². The Bertz CT molecular complexity index is 799. The summed E-state index contributed by atoms with van der Waals surface area (Å²) in [6.07, 6.45) is 10.7. The Morgan fingerprint density at radius 1 is 1.10 bits per heavy atom. The van der Waals surface area contributed by atoms with Crippen LogP contribution in [0.15, 0.2) is 48.7 Å². The molecule has 0 amide bonds. The standard InChI is InChI=1S/C24H32N4S/c1-19-9-5-8-16-28(19)22-13-12-21(17-25-22)27-23(29)26-18-24(14-6-7-15-24)20-10-3-2-4-11-20/h2-4,10-13,17,19H,5-9,14-16,18H2,1H3,(H2,26,27,29). The second kappa shape index (κ2) is 9.12. The summed E-state index contributed by atoms with van der Waals surface area (Å²) in [5.74, 6) is 1.07. The van der Waals surface area contributed by atoms with Gasteiger partial charge in [0.05, 0.1) is 11.9 Å². The third-order valence-corrected chi connectivity index (χ3v) is 6.88. The van der Waals surface area contributed by atoms with Gasteiger partial charge >= 0.3 is 0 Å². The van der Waals surface area contributed by atoms with Crippen LogP contribution in [-0.4, -0.2) is 29.2 Å². The lowest BCUT2D eigenvalue weighted by Gasteiger charge is -2.34. The summed E-state index contributed by atoms with van der Waals surface area (Å²) in [6, 6.07) is 15.6. The summed E-state index contributed by atoms with van der Waals surface area (Å²) in [7, 11) is 0. The minimum atomic E-state index is 0.194. The van der Waals surface area contributed by atoms with Crippen LogP contribution < -0.4 is 15.5 Å². The zero-order chi connectivity index (χ0) is 20.1. The molecule has 2 heterocycles. The molecule has 1 atom stereocenters. The van der Waals surface area contributed by atoms with E-state index in [-0.39, 0.29) is 5.41 Å². The normalized spacial score (nSPS) is 21.0. The Kier molecular flexibility index (Phi) is 6.34. The summed E-state index contributed by atoms with van der Waals surface area (Å²) in [6.45, 7) is 4.26. The fourth-order valence-electron chi connectivity index (χ4n) is 4.90. The van der Waals surface area contributed by atoms with Crippen LogP contribution in [0.25, 0.3) is 0 Å². The first-order chi connectivity index (χ1) is 14.2.